The summed E-state index contributed by atoms with van der Waals surface area (Å²) in [6.45, 7) is 7.20. The molecular weight excluding hydrogens is 256 g/mol. The van der Waals surface area contributed by atoms with Gasteiger partial charge in [-0.2, -0.15) is 0 Å². The third-order valence-corrected chi connectivity index (χ3v) is 4.26. The lowest BCUT2D eigenvalue weighted by Gasteiger charge is -2.34. The van der Waals surface area contributed by atoms with Crippen LogP contribution in [0.15, 0.2) is 0 Å². The number of rotatable bonds is 6. The summed E-state index contributed by atoms with van der Waals surface area (Å²) < 4.78 is 5.24. The van der Waals surface area contributed by atoms with Crippen molar-refractivity contribution in [2.24, 2.45) is 5.92 Å². The summed E-state index contributed by atoms with van der Waals surface area (Å²) in [6.07, 6.45) is 3.89. The predicted molar refractivity (Wildman–Crippen MR) is 77.5 cm³/mol. The molecule has 0 spiro atoms. The highest BCUT2D eigenvalue weighted by Crippen LogP contribution is 2.21. The summed E-state index contributed by atoms with van der Waals surface area (Å²) in [6, 6.07) is 0. The molecule has 0 aliphatic carbocycles. The van der Waals surface area contributed by atoms with Crippen LogP contribution >= 0.6 is 0 Å². The molecule has 0 aromatic heterocycles. The Bertz CT molecular complexity index is 305. The Balaban J connectivity index is 1.77. The van der Waals surface area contributed by atoms with Crippen molar-refractivity contribution in [3.05, 3.63) is 0 Å². The second kappa shape index (κ2) is 7.96. The predicted octanol–water partition coefficient (Wildman–Crippen LogP) is 0.718. The number of carbonyl (C=O) groups excluding carboxylic acids is 1. The van der Waals surface area contributed by atoms with Crippen LogP contribution in [0.4, 0.5) is 0 Å². The van der Waals surface area contributed by atoms with Gasteiger partial charge in [0.15, 0.2) is 0 Å². The Hall–Kier alpha value is -0.650. The molecule has 2 atom stereocenters. The third-order valence-electron chi connectivity index (χ3n) is 4.26. The maximum atomic E-state index is 12.4. The highest BCUT2D eigenvalue weighted by atomic mass is 16.5. The maximum Gasteiger partial charge on any atom is 0.226 e. The molecule has 0 aromatic rings. The first kappa shape index (κ1) is 15.7. The van der Waals surface area contributed by atoms with E-state index in [4.69, 9.17) is 4.74 Å². The summed E-state index contributed by atoms with van der Waals surface area (Å²) in [5.74, 6) is 0.452. The van der Waals surface area contributed by atoms with Crippen molar-refractivity contribution in [1.29, 1.82) is 0 Å². The van der Waals surface area contributed by atoms with Crippen molar-refractivity contribution in [2.75, 3.05) is 45.9 Å². The Labute approximate surface area is 121 Å². The molecule has 2 fully saturated rings. The molecule has 0 aromatic carbocycles. The van der Waals surface area contributed by atoms with Crippen LogP contribution in [0, 0.1) is 5.92 Å². The van der Waals surface area contributed by atoms with E-state index in [1.54, 1.807) is 0 Å². The van der Waals surface area contributed by atoms with E-state index >= 15 is 0 Å². The van der Waals surface area contributed by atoms with Crippen molar-refractivity contribution in [3.8, 4) is 0 Å². The van der Waals surface area contributed by atoms with Crippen molar-refractivity contribution >= 4 is 5.91 Å². The number of piperidine rings is 1. The van der Waals surface area contributed by atoms with E-state index in [2.05, 4.69) is 4.90 Å². The largest absolute Gasteiger partial charge is 0.389 e. The number of aliphatic hydroxyl groups excluding tert-OH is 1. The van der Waals surface area contributed by atoms with Gasteiger partial charge in [0.25, 0.3) is 0 Å². The first-order chi connectivity index (χ1) is 9.70. The van der Waals surface area contributed by atoms with Gasteiger partial charge in [-0.05, 0) is 39.2 Å². The molecule has 1 amide bonds. The summed E-state index contributed by atoms with van der Waals surface area (Å²) in [7, 11) is 0. The quantitative estimate of drug-likeness (QED) is 0.781. The fraction of sp³-hybridized carbons (Fsp3) is 0.933. The number of aliphatic hydroxyl groups is 1. The fourth-order valence-corrected chi connectivity index (χ4v) is 3.22. The maximum absolute atomic E-state index is 12.4. The molecule has 2 aliphatic rings. The molecule has 0 bridgehead atoms. The van der Waals surface area contributed by atoms with Gasteiger partial charge < -0.3 is 14.7 Å². The summed E-state index contributed by atoms with van der Waals surface area (Å²) in [5, 5.41) is 9.91. The van der Waals surface area contributed by atoms with Gasteiger partial charge in [0, 0.05) is 32.8 Å². The van der Waals surface area contributed by atoms with Crippen LogP contribution in [-0.4, -0.2) is 72.9 Å². The molecule has 2 rings (SSSR count). The van der Waals surface area contributed by atoms with E-state index in [1.165, 1.54) is 0 Å². The first-order valence-corrected chi connectivity index (χ1v) is 7.97. The van der Waals surface area contributed by atoms with Crippen LogP contribution in [0.25, 0.3) is 0 Å². The molecule has 0 unspecified atom stereocenters. The molecule has 0 radical (unpaired) electrons. The van der Waals surface area contributed by atoms with Crippen LogP contribution in [0.5, 0.6) is 0 Å². The molecule has 5 heteroatoms. The fourth-order valence-electron chi connectivity index (χ4n) is 3.22. The minimum atomic E-state index is -0.449. The minimum Gasteiger partial charge on any atom is -0.389 e. The van der Waals surface area contributed by atoms with E-state index in [9.17, 15) is 9.90 Å². The lowest BCUT2D eigenvalue weighted by molar-refractivity contribution is -0.136. The molecule has 2 saturated heterocycles. The van der Waals surface area contributed by atoms with Gasteiger partial charge in [0.2, 0.25) is 5.91 Å². The second-order valence-corrected chi connectivity index (χ2v) is 5.94. The SMILES string of the molecule is CCOC[C@H](O)CN1CCC[C@H](C(=O)N2CCCC2)C1. The molecule has 1 N–H and O–H groups in total. The van der Waals surface area contributed by atoms with Gasteiger partial charge in [-0.3, -0.25) is 9.69 Å². The zero-order valence-corrected chi connectivity index (χ0v) is 12.6. The number of β-amino-alcohol motifs (C(OH)–C–C–N with tert-alkyl or cyclic N) is 1. The number of likely N-dealkylation sites (tertiary alicyclic amines) is 2. The van der Waals surface area contributed by atoms with E-state index in [0.29, 0.717) is 25.7 Å². The average molecular weight is 284 g/mol. The van der Waals surface area contributed by atoms with Crippen LogP contribution in [-0.2, 0) is 9.53 Å². The van der Waals surface area contributed by atoms with Crippen molar-refractivity contribution in [3.63, 3.8) is 0 Å². The van der Waals surface area contributed by atoms with Gasteiger partial charge in [0.05, 0.1) is 18.6 Å². The molecule has 20 heavy (non-hydrogen) atoms. The van der Waals surface area contributed by atoms with E-state index in [1.807, 2.05) is 11.8 Å². The standard InChI is InChI=1S/C15H28N2O3/c1-2-20-12-14(18)11-16-7-5-6-13(10-16)15(19)17-8-3-4-9-17/h13-14,18H,2-12H2,1H3/t13-,14+/m0/s1. The summed E-state index contributed by atoms with van der Waals surface area (Å²) in [5.41, 5.74) is 0. The van der Waals surface area contributed by atoms with Gasteiger partial charge >= 0.3 is 0 Å². The normalized spacial score (nSPS) is 25.9. The lowest BCUT2D eigenvalue weighted by Crippen LogP contribution is -2.46. The summed E-state index contributed by atoms with van der Waals surface area (Å²) in [4.78, 5) is 16.6. The van der Waals surface area contributed by atoms with Crippen molar-refractivity contribution in [2.45, 2.75) is 38.7 Å². The van der Waals surface area contributed by atoms with E-state index < -0.39 is 6.10 Å². The Kier molecular flexibility index (Phi) is 6.26. The second-order valence-electron chi connectivity index (χ2n) is 5.94. The van der Waals surface area contributed by atoms with Crippen molar-refractivity contribution < 1.29 is 14.6 Å². The summed E-state index contributed by atoms with van der Waals surface area (Å²) >= 11 is 0. The minimum absolute atomic E-state index is 0.126. The van der Waals surface area contributed by atoms with Gasteiger partial charge in [-0.25, -0.2) is 0 Å². The molecular formula is C15H28N2O3. The van der Waals surface area contributed by atoms with Crippen LogP contribution in [0.2, 0.25) is 0 Å². The monoisotopic (exact) mass is 284 g/mol. The number of nitrogens with zero attached hydrogens (tertiary/aromatic N) is 2. The molecule has 5 nitrogen and oxygen atoms in total. The zero-order valence-electron chi connectivity index (χ0n) is 12.6. The topological polar surface area (TPSA) is 53.0 Å². The van der Waals surface area contributed by atoms with Gasteiger partial charge in [-0.15, -0.1) is 0 Å². The highest BCUT2D eigenvalue weighted by molar-refractivity contribution is 5.79. The number of hydrogen-bond acceptors (Lipinski definition) is 4. The van der Waals surface area contributed by atoms with E-state index in [-0.39, 0.29) is 5.92 Å². The first-order valence-electron chi connectivity index (χ1n) is 7.97. The van der Waals surface area contributed by atoms with Gasteiger partial charge in [0.1, 0.15) is 0 Å². The van der Waals surface area contributed by atoms with Crippen molar-refractivity contribution in [1.82, 2.24) is 9.80 Å². The zero-order chi connectivity index (χ0) is 14.4. The number of carbonyl (C=O) groups is 1. The Morgan fingerprint density at radius 1 is 1.30 bits per heavy atom. The third kappa shape index (κ3) is 4.43. The van der Waals surface area contributed by atoms with Crippen LogP contribution in [0.3, 0.4) is 0 Å². The van der Waals surface area contributed by atoms with Crippen LogP contribution < -0.4 is 0 Å². The number of ether oxygens (including phenoxy) is 1. The number of amides is 1. The molecule has 2 heterocycles. The van der Waals surface area contributed by atoms with Gasteiger partial charge in [-0.1, -0.05) is 0 Å². The smallest absolute Gasteiger partial charge is 0.226 e. The molecule has 0 saturated carbocycles. The molecule has 116 valence electrons. The van der Waals surface area contributed by atoms with E-state index in [0.717, 1.165) is 51.9 Å². The Morgan fingerprint density at radius 3 is 2.75 bits per heavy atom. The van der Waals surface area contributed by atoms with Crippen LogP contribution in [0.1, 0.15) is 32.6 Å². The highest BCUT2D eigenvalue weighted by Gasteiger charge is 2.30. The lowest BCUT2D eigenvalue weighted by atomic mass is 9.96. The molecule has 2 aliphatic heterocycles. The number of hydrogen-bond donors (Lipinski definition) is 1. The Morgan fingerprint density at radius 2 is 2.05 bits per heavy atom. The average Bonchev–Trinajstić information content (AvgIpc) is 2.98.